The fourth-order valence-corrected chi connectivity index (χ4v) is 1.99. The summed E-state index contributed by atoms with van der Waals surface area (Å²) in [7, 11) is 0. The zero-order valence-electron chi connectivity index (χ0n) is 10.2. The maximum absolute atomic E-state index is 12.7. The summed E-state index contributed by atoms with van der Waals surface area (Å²) in [5.41, 5.74) is 0.886. The minimum atomic E-state index is -0.266. The zero-order chi connectivity index (χ0) is 12.8. The van der Waals surface area contributed by atoms with Crippen LogP contribution in [0.2, 0.25) is 0 Å². The highest BCUT2D eigenvalue weighted by Gasteiger charge is 2.14. The Hall–Kier alpha value is -1.62. The number of halogens is 1. The minimum Gasteiger partial charge on any atom is -0.335 e. The molecule has 0 spiro atoms. The van der Waals surface area contributed by atoms with E-state index >= 15 is 0 Å². The van der Waals surface area contributed by atoms with Crippen molar-refractivity contribution in [2.45, 2.75) is 25.4 Å². The lowest BCUT2D eigenvalue weighted by molar-refractivity contribution is 0.233. The van der Waals surface area contributed by atoms with E-state index in [1.807, 2.05) is 0 Å². The van der Waals surface area contributed by atoms with Crippen molar-refractivity contribution >= 4 is 6.03 Å². The number of nitrogens with one attached hydrogen (secondary N) is 3. The Balaban J connectivity index is 1.72. The minimum absolute atomic E-state index is 0.161. The van der Waals surface area contributed by atoms with Crippen LogP contribution < -0.4 is 16.0 Å². The Labute approximate surface area is 106 Å². The van der Waals surface area contributed by atoms with Crippen LogP contribution in [0.5, 0.6) is 0 Å². The molecule has 5 heteroatoms. The van der Waals surface area contributed by atoms with Crippen molar-refractivity contribution < 1.29 is 9.18 Å². The average molecular weight is 251 g/mol. The molecule has 2 amide bonds. The highest BCUT2D eigenvalue weighted by Crippen LogP contribution is 2.03. The van der Waals surface area contributed by atoms with Crippen LogP contribution in [-0.4, -0.2) is 25.2 Å². The van der Waals surface area contributed by atoms with Crippen LogP contribution in [0.4, 0.5) is 9.18 Å². The van der Waals surface area contributed by atoms with Gasteiger partial charge in [-0.3, -0.25) is 0 Å². The molecule has 1 aromatic rings. The van der Waals surface area contributed by atoms with E-state index in [0.717, 1.165) is 31.5 Å². The van der Waals surface area contributed by atoms with Crippen LogP contribution in [0.1, 0.15) is 18.4 Å². The fraction of sp³-hybridized carbons (Fsp3) is 0.462. The van der Waals surface area contributed by atoms with Crippen LogP contribution in [0, 0.1) is 5.82 Å². The second-order valence-electron chi connectivity index (χ2n) is 4.48. The van der Waals surface area contributed by atoms with Gasteiger partial charge in [0.15, 0.2) is 0 Å². The standard InChI is InChI=1S/C13H18FN3O/c14-11-3-1-10(2-4-11)9-16-13(18)17-12-5-7-15-8-6-12/h1-4,12,15H,5-9H2,(H2,16,17,18). The summed E-state index contributed by atoms with van der Waals surface area (Å²) in [6.07, 6.45) is 1.92. The molecule has 1 aromatic carbocycles. The van der Waals surface area contributed by atoms with Crippen LogP contribution in [-0.2, 0) is 6.54 Å². The Bertz CT molecular complexity index is 388. The fourth-order valence-electron chi connectivity index (χ4n) is 1.99. The van der Waals surface area contributed by atoms with E-state index in [1.54, 1.807) is 12.1 Å². The van der Waals surface area contributed by atoms with Gasteiger partial charge in [-0.15, -0.1) is 0 Å². The Morgan fingerprint density at radius 3 is 2.61 bits per heavy atom. The predicted octanol–water partition coefficient (Wildman–Crippen LogP) is 1.38. The SMILES string of the molecule is O=C(NCc1ccc(F)cc1)NC1CCNCC1. The van der Waals surface area contributed by atoms with Gasteiger partial charge in [-0.2, -0.15) is 0 Å². The second kappa shape index (κ2) is 6.35. The van der Waals surface area contributed by atoms with Crippen molar-refractivity contribution in [1.29, 1.82) is 0 Å². The Morgan fingerprint density at radius 1 is 1.28 bits per heavy atom. The number of benzene rings is 1. The van der Waals surface area contributed by atoms with Crippen LogP contribution in [0.3, 0.4) is 0 Å². The van der Waals surface area contributed by atoms with Gasteiger partial charge < -0.3 is 16.0 Å². The monoisotopic (exact) mass is 251 g/mol. The molecule has 2 rings (SSSR count). The van der Waals surface area contributed by atoms with Gasteiger partial charge in [0.1, 0.15) is 5.82 Å². The number of carbonyl (C=O) groups excluding carboxylic acids is 1. The molecule has 1 heterocycles. The molecule has 18 heavy (non-hydrogen) atoms. The quantitative estimate of drug-likeness (QED) is 0.760. The summed E-state index contributed by atoms with van der Waals surface area (Å²) in [6.45, 7) is 2.31. The van der Waals surface area contributed by atoms with Gasteiger partial charge in [0.05, 0.1) is 0 Å². The number of hydrogen-bond donors (Lipinski definition) is 3. The van der Waals surface area contributed by atoms with Gasteiger partial charge in [0.25, 0.3) is 0 Å². The molecule has 98 valence electrons. The molecule has 1 saturated heterocycles. The molecule has 3 N–H and O–H groups in total. The lowest BCUT2D eigenvalue weighted by atomic mass is 10.1. The van der Waals surface area contributed by atoms with E-state index in [0.29, 0.717) is 6.54 Å². The van der Waals surface area contributed by atoms with Crippen LogP contribution in [0.25, 0.3) is 0 Å². The van der Waals surface area contributed by atoms with E-state index < -0.39 is 0 Å². The molecule has 0 saturated carbocycles. The van der Waals surface area contributed by atoms with Crippen molar-refractivity contribution in [3.63, 3.8) is 0 Å². The summed E-state index contributed by atoms with van der Waals surface area (Å²) in [4.78, 5) is 11.6. The first-order chi connectivity index (χ1) is 8.74. The average Bonchev–Trinajstić information content (AvgIpc) is 2.39. The third kappa shape index (κ3) is 4.00. The molecule has 0 aliphatic carbocycles. The van der Waals surface area contributed by atoms with Gasteiger partial charge in [-0.05, 0) is 43.6 Å². The predicted molar refractivity (Wildman–Crippen MR) is 67.7 cm³/mol. The van der Waals surface area contributed by atoms with E-state index in [-0.39, 0.29) is 17.9 Å². The smallest absolute Gasteiger partial charge is 0.315 e. The summed E-state index contributed by atoms with van der Waals surface area (Å²) in [5.74, 6) is -0.266. The maximum Gasteiger partial charge on any atom is 0.315 e. The van der Waals surface area contributed by atoms with Gasteiger partial charge in [-0.1, -0.05) is 12.1 Å². The first-order valence-electron chi connectivity index (χ1n) is 6.23. The number of rotatable bonds is 3. The van der Waals surface area contributed by atoms with Crippen molar-refractivity contribution in [2.24, 2.45) is 0 Å². The van der Waals surface area contributed by atoms with Crippen molar-refractivity contribution in [3.8, 4) is 0 Å². The third-order valence-corrected chi connectivity index (χ3v) is 3.04. The molecular weight excluding hydrogens is 233 g/mol. The van der Waals surface area contributed by atoms with Crippen molar-refractivity contribution in [3.05, 3.63) is 35.6 Å². The van der Waals surface area contributed by atoms with E-state index in [9.17, 15) is 9.18 Å². The lowest BCUT2D eigenvalue weighted by Gasteiger charge is -2.23. The van der Waals surface area contributed by atoms with Gasteiger partial charge in [0.2, 0.25) is 0 Å². The summed E-state index contributed by atoms with van der Waals surface area (Å²) >= 11 is 0. The first kappa shape index (κ1) is 12.8. The highest BCUT2D eigenvalue weighted by atomic mass is 19.1. The van der Waals surface area contributed by atoms with E-state index in [1.165, 1.54) is 12.1 Å². The molecule has 1 fully saturated rings. The van der Waals surface area contributed by atoms with Gasteiger partial charge >= 0.3 is 6.03 Å². The summed E-state index contributed by atoms with van der Waals surface area (Å²) in [5, 5.41) is 8.95. The third-order valence-electron chi connectivity index (χ3n) is 3.04. The van der Waals surface area contributed by atoms with Gasteiger partial charge in [-0.25, -0.2) is 9.18 Å². The maximum atomic E-state index is 12.7. The normalized spacial score (nSPS) is 16.3. The second-order valence-corrected chi connectivity index (χ2v) is 4.48. The van der Waals surface area contributed by atoms with Gasteiger partial charge in [0, 0.05) is 12.6 Å². The largest absolute Gasteiger partial charge is 0.335 e. The van der Waals surface area contributed by atoms with Crippen molar-refractivity contribution in [1.82, 2.24) is 16.0 Å². The molecule has 0 aromatic heterocycles. The molecule has 0 unspecified atom stereocenters. The van der Waals surface area contributed by atoms with Crippen LogP contribution >= 0.6 is 0 Å². The Morgan fingerprint density at radius 2 is 1.94 bits per heavy atom. The summed E-state index contributed by atoms with van der Waals surface area (Å²) in [6, 6.07) is 6.20. The number of hydrogen-bond acceptors (Lipinski definition) is 2. The molecule has 1 aliphatic rings. The van der Waals surface area contributed by atoms with Crippen LogP contribution in [0.15, 0.2) is 24.3 Å². The lowest BCUT2D eigenvalue weighted by Crippen LogP contribution is -2.46. The molecule has 0 bridgehead atoms. The molecule has 4 nitrogen and oxygen atoms in total. The number of carbonyl (C=O) groups is 1. The molecule has 0 radical (unpaired) electrons. The topological polar surface area (TPSA) is 53.2 Å². The molecule has 0 atom stereocenters. The first-order valence-corrected chi connectivity index (χ1v) is 6.23. The molecule has 1 aliphatic heterocycles. The number of piperidine rings is 1. The number of amides is 2. The molecular formula is C13H18FN3O. The number of urea groups is 1. The zero-order valence-corrected chi connectivity index (χ0v) is 10.2. The Kier molecular flexibility index (Phi) is 4.52. The summed E-state index contributed by atoms with van der Waals surface area (Å²) < 4.78 is 12.7. The van der Waals surface area contributed by atoms with E-state index in [4.69, 9.17) is 0 Å². The van der Waals surface area contributed by atoms with E-state index in [2.05, 4.69) is 16.0 Å². The van der Waals surface area contributed by atoms with Crippen molar-refractivity contribution in [2.75, 3.05) is 13.1 Å². The highest BCUT2D eigenvalue weighted by molar-refractivity contribution is 5.74.